The lowest BCUT2D eigenvalue weighted by atomic mass is 10.1. The lowest BCUT2D eigenvalue weighted by Gasteiger charge is -2.15. The SMILES string of the molecule is C=CC(N=C(C)/C=C/c1ccccc1)C(C=C)N=C(C)/C=C/c1ccccc1. The second-order valence-corrected chi connectivity index (χ2v) is 6.48. The Kier molecular flexibility index (Phi) is 8.61. The minimum Gasteiger partial charge on any atom is -0.280 e. The zero-order valence-corrected chi connectivity index (χ0v) is 16.7. The van der Waals surface area contributed by atoms with Gasteiger partial charge in [-0.2, -0.15) is 0 Å². The van der Waals surface area contributed by atoms with E-state index in [1.807, 2.05) is 74.5 Å². The molecular formula is C26H28N2. The first-order valence-electron chi connectivity index (χ1n) is 9.42. The molecule has 0 aliphatic rings. The highest BCUT2D eigenvalue weighted by atomic mass is 14.9. The Bertz CT molecular complexity index is 796. The van der Waals surface area contributed by atoms with Crippen LogP contribution in [0.4, 0.5) is 0 Å². The Balaban J connectivity index is 2.10. The Morgan fingerprint density at radius 1 is 0.679 bits per heavy atom. The van der Waals surface area contributed by atoms with Gasteiger partial charge in [0.05, 0.1) is 12.1 Å². The monoisotopic (exact) mass is 368 g/mol. The molecule has 0 aliphatic carbocycles. The van der Waals surface area contributed by atoms with Gasteiger partial charge in [0.25, 0.3) is 0 Å². The van der Waals surface area contributed by atoms with Crippen molar-refractivity contribution >= 4 is 23.6 Å². The van der Waals surface area contributed by atoms with E-state index >= 15 is 0 Å². The van der Waals surface area contributed by atoms with Crippen LogP contribution in [0.5, 0.6) is 0 Å². The fourth-order valence-electron chi connectivity index (χ4n) is 2.66. The Labute approximate surface area is 169 Å². The number of aliphatic imine (C=N–C) groups is 2. The smallest absolute Gasteiger partial charge is 0.0939 e. The molecule has 2 nitrogen and oxygen atoms in total. The van der Waals surface area contributed by atoms with Gasteiger partial charge in [0, 0.05) is 11.4 Å². The molecule has 0 bridgehead atoms. The summed E-state index contributed by atoms with van der Waals surface area (Å²) in [6.07, 6.45) is 11.8. The van der Waals surface area contributed by atoms with Crippen molar-refractivity contribution in [3.8, 4) is 0 Å². The van der Waals surface area contributed by atoms with Crippen LogP contribution in [0.15, 0.2) is 108 Å². The topological polar surface area (TPSA) is 24.7 Å². The van der Waals surface area contributed by atoms with E-state index in [9.17, 15) is 0 Å². The van der Waals surface area contributed by atoms with Crippen LogP contribution in [0.2, 0.25) is 0 Å². The van der Waals surface area contributed by atoms with Crippen molar-refractivity contribution < 1.29 is 0 Å². The molecule has 0 amide bonds. The molecule has 0 fully saturated rings. The lowest BCUT2D eigenvalue weighted by Crippen LogP contribution is -2.20. The third kappa shape index (κ3) is 7.16. The van der Waals surface area contributed by atoms with E-state index in [1.165, 1.54) is 0 Å². The molecule has 2 heteroatoms. The van der Waals surface area contributed by atoms with Crippen LogP contribution in [-0.2, 0) is 0 Å². The van der Waals surface area contributed by atoms with E-state index in [0.29, 0.717) is 0 Å². The van der Waals surface area contributed by atoms with Gasteiger partial charge in [-0.05, 0) is 37.1 Å². The average Bonchev–Trinajstić information content (AvgIpc) is 2.74. The first-order chi connectivity index (χ1) is 13.6. The highest BCUT2D eigenvalue weighted by molar-refractivity contribution is 5.97. The van der Waals surface area contributed by atoms with Crippen molar-refractivity contribution in [3.63, 3.8) is 0 Å². The van der Waals surface area contributed by atoms with Crippen LogP contribution >= 0.6 is 0 Å². The largest absolute Gasteiger partial charge is 0.280 e. The third-order valence-electron chi connectivity index (χ3n) is 4.17. The van der Waals surface area contributed by atoms with E-state index < -0.39 is 0 Å². The number of benzene rings is 2. The van der Waals surface area contributed by atoms with Gasteiger partial charge in [0.1, 0.15) is 0 Å². The summed E-state index contributed by atoms with van der Waals surface area (Å²) in [6, 6.07) is 20.0. The van der Waals surface area contributed by atoms with Gasteiger partial charge in [0.2, 0.25) is 0 Å². The molecule has 0 heterocycles. The standard InChI is InChI=1S/C26H28N2/c1-5-25(27-21(3)17-19-23-13-9-7-10-14-23)26(6-2)28-22(4)18-20-24-15-11-8-12-16-24/h5-20,25-26H,1-2H2,3-4H3/b19-17+,20-18+,27-21?,28-22?. The molecular weight excluding hydrogens is 340 g/mol. The number of hydrogen-bond acceptors (Lipinski definition) is 2. The van der Waals surface area contributed by atoms with E-state index in [2.05, 4.69) is 49.6 Å². The van der Waals surface area contributed by atoms with E-state index in [4.69, 9.17) is 9.98 Å². The zero-order valence-electron chi connectivity index (χ0n) is 16.7. The number of allylic oxidation sites excluding steroid dienone is 2. The average molecular weight is 369 g/mol. The second-order valence-electron chi connectivity index (χ2n) is 6.48. The fourth-order valence-corrected chi connectivity index (χ4v) is 2.66. The normalized spacial score (nSPS) is 14.9. The summed E-state index contributed by atoms with van der Waals surface area (Å²) >= 11 is 0. The minimum absolute atomic E-state index is 0.155. The van der Waals surface area contributed by atoms with Crippen LogP contribution in [-0.4, -0.2) is 23.5 Å². The van der Waals surface area contributed by atoms with Crippen molar-refractivity contribution in [1.82, 2.24) is 0 Å². The van der Waals surface area contributed by atoms with Crippen LogP contribution in [0.3, 0.4) is 0 Å². The van der Waals surface area contributed by atoms with Crippen molar-refractivity contribution in [1.29, 1.82) is 0 Å². The first kappa shape index (κ1) is 21.0. The molecule has 2 aromatic carbocycles. The molecule has 0 saturated heterocycles. The molecule has 0 aromatic heterocycles. The summed E-state index contributed by atoms with van der Waals surface area (Å²) in [5.74, 6) is 0. The summed E-state index contributed by atoms with van der Waals surface area (Å²) in [7, 11) is 0. The number of rotatable bonds is 9. The zero-order chi connectivity index (χ0) is 20.2. The molecule has 2 aromatic rings. The molecule has 0 spiro atoms. The van der Waals surface area contributed by atoms with Gasteiger partial charge < -0.3 is 0 Å². The molecule has 0 aliphatic heterocycles. The summed E-state index contributed by atoms with van der Waals surface area (Å²) in [6.45, 7) is 11.8. The van der Waals surface area contributed by atoms with Gasteiger partial charge in [-0.1, -0.05) is 85.0 Å². The van der Waals surface area contributed by atoms with Gasteiger partial charge in [0.15, 0.2) is 0 Å². The van der Waals surface area contributed by atoms with E-state index in [0.717, 1.165) is 22.6 Å². The maximum atomic E-state index is 4.76. The van der Waals surface area contributed by atoms with E-state index in [-0.39, 0.29) is 12.1 Å². The van der Waals surface area contributed by atoms with Crippen LogP contribution < -0.4 is 0 Å². The van der Waals surface area contributed by atoms with Crippen molar-refractivity contribution in [2.75, 3.05) is 0 Å². The quantitative estimate of drug-likeness (QED) is 0.359. The Morgan fingerprint density at radius 2 is 1.04 bits per heavy atom. The van der Waals surface area contributed by atoms with Crippen molar-refractivity contribution in [2.45, 2.75) is 25.9 Å². The highest BCUT2D eigenvalue weighted by Crippen LogP contribution is 2.10. The number of nitrogens with zero attached hydrogens (tertiary/aromatic N) is 2. The molecule has 2 unspecified atom stereocenters. The van der Waals surface area contributed by atoms with Gasteiger partial charge in [-0.3, -0.25) is 9.98 Å². The maximum absolute atomic E-state index is 4.76. The molecule has 2 rings (SSSR count). The summed E-state index contributed by atoms with van der Waals surface area (Å²) in [5, 5.41) is 0. The Morgan fingerprint density at radius 3 is 1.36 bits per heavy atom. The van der Waals surface area contributed by atoms with Gasteiger partial charge in [-0.15, -0.1) is 13.2 Å². The van der Waals surface area contributed by atoms with Crippen LogP contribution in [0.25, 0.3) is 12.2 Å². The maximum Gasteiger partial charge on any atom is 0.0939 e. The molecule has 28 heavy (non-hydrogen) atoms. The van der Waals surface area contributed by atoms with Gasteiger partial charge >= 0.3 is 0 Å². The first-order valence-corrected chi connectivity index (χ1v) is 9.42. The summed E-state index contributed by atoms with van der Waals surface area (Å²) in [4.78, 5) is 9.52. The van der Waals surface area contributed by atoms with Crippen LogP contribution in [0.1, 0.15) is 25.0 Å². The molecule has 2 atom stereocenters. The fraction of sp³-hybridized carbons (Fsp3) is 0.154. The molecule has 142 valence electrons. The van der Waals surface area contributed by atoms with Crippen molar-refractivity contribution in [3.05, 3.63) is 109 Å². The number of hydrogen-bond donors (Lipinski definition) is 0. The molecule has 0 N–H and O–H groups in total. The van der Waals surface area contributed by atoms with E-state index in [1.54, 1.807) is 0 Å². The van der Waals surface area contributed by atoms with Gasteiger partial charge in [-0.25, -0.2) is 0 Å². The minimum atomic E-state index is -0.155. The predicted molar refractivity (Wildman–Crippen MR) is 125 cm³/mol. The second kappa shape index (κ2) is 11.5. The molecule has 0 radical (unpaired) electrons. The highest BCUT2D eigenvalue weighted by Gasteiger charge is 2.13. The summed E-state index contributed by atoms with van der Waals surface area (Å²) < 4.78 is 0. The lowest BCUT2D eigenvalue weighted by molar-refractivity contribution is 0.713. The van der Waals surface area contributed by atoms with Crippen LogP contribution in [0, 0.1) is 0 Å². The third-order valence-corrected chi connectivity index (χ3v) is 4.17. The molecule has 0 saturated carbocycles. The Hall–Kier alpha value is -3.26. The van der Waals surface area contributed by atoms with Crippen molar-refractivity contribution in [2.24, 2.45) is 9.98 Å². The predicted octanol–water partition coefficient (Wildman–Crippen LogP) is 6.44. The summed E-state index contributed by atoms with van der Waals surface area (Å²) in [5.41, 5.74) is 4.14.